The lowest BCUT2D eigenvalue weighted by Crippen LogP contribution is -2.46. The lowest BCUT2D eigenvalue weighted by Gasteiger charge is -2.36. The van der Waals surface area contributed by atoms with Crippen molar-refractivity contribution in [3.63, 3.8) is 0 Å². The van der Waals surface area contributed by atoms with Crippen molar-refractivity contribution in [3.05, 3.63) is 89.7 Å². The van der Waals surface area contributed by atoms with Gasteiger partial charge in [0.1, 0.15) is 5.69 Å². The zero-order valence-electron chi connectivity index (χ0n) is 16.7. The number of nitrogens with one attached hydrogen (secondary N) is 1. The highest BCUT2D eigenvalue weighted by Gasteiger charge is 2.18. The number of carbonyl (C=O) groups is 1. The van der Waals surface area contributed by atoms with Gasteiger partial charge in [0.25, 0.3) is 5.91 Å². The van der Waals surface area contributed by atoms with E-state index in [0.717, 1.165) is 38.4 Å². The van der Waals surface area contributed by atoms with E-state index in [1.165, 1.54) is 5.56 Å². The van der Waals surface area contributed by atoms with Gasteiger partial charge in [-0.1, -0.05) is 36.4 Å². The number of nitrogens with zero attached hydrogens (tertiary/aromatic N) is 4. The van der Waals surface area contributed by atoms with E-state index in [1.54, 1.807) is 36.5 Å². The molecule has 30 heavy (non-hydrogen) atoms. The Morgan fingerprint density at radius 1 is 1.00 bits per heavy atom. The monoisotopic (exact) mass is 397 g/mol. The molecule has 0 aliphatic carbocycles. The molecule has 6 heteroatoms. The largest absolute Gasteiger partial charge is 0.368 e. The molecule has 0 unspecified atom stereocenters. The first-order valence-corrected chi connectivity index (χ1v) is 10.00. The molecule has 150 valence electrons. The van der Waals surface area contributed by atoms with Crippen LogP contribution in [-0.4, -0.2) is 42.0 Å². The fourth-order valence-corrected chi connectivity index (χ4v) is 3.57. The van der Waals surface area contributed by atoms with E-state index in [2.05, 4.69) is 50.4 Å². The molecule has 1 amide bonds. The van der Waals surface area contributed by atoms with Crippen molar-refractivity contribution in [1.82, 2.24) is 9.88 Å². The Morgan fingerprint density at radius 3 is 2.50 bits per heavy atom. The summed E-state index contributed by atoms with van der Waals surface area (Å²) in [6, 6.07) is 23.1. The van der Waals surface area contributed by atoms with Crippen molar-refractivity contribution in [2.24, 2.45) is 0 Å². The summed E-state index contributed by atoms with van der Waals surface area (Å²) in [7, 11) is 0. The zero-order valence-corrected chi connectivity index (χ0v) is 16.7. The maximum Gasteiger partial charge on any atom is 0.274 e. The summed E-state index contributed by atoms with van der Waals surface area (Å²) in [5.41, 5.74) is 3.80. The Kier molecular flexibility index (Phi) is 6.02. The van der Waals surface area contributed by atoms with Crippen LogP contribution in [0.25, 0.3) is 0 Å². The summed E-state index contributed by atoms with van der Waals surface area (Å²) >= 11 is 0. The summed E-state index contributed by atoms with van der Waals surface area (Å²) in [4.78, 5) is 21.5. The quantitative estimate of drug-likeness (QED) is 0.713. The van der Waals surface area contributed by atoms with Gasteiger partial charge in [-0.15, -0.1) is 0 Å². The van der Waals surface area contributed by atoms with Gasteiger partial charge in [-0.2, -0.15) is 5.26 Å². The summed E-state index contributed by atoms with van der Waals surface area (Å²) in [5, 5.41) is 11.8. The zero-order chi connectivity index (χ0) is 20.8. The molecule has 0 spiro atoms. The lowest BCUT2D eigenvalue weighted by atomic mass is 10.2. The van der Waals surface area contributed by atoms with Gasteiger partial charge in [0.05, 0.1) is 23.5 Å². The van der Waals surface area contributed by atoms with Crippen molar-refractivity contribution in [2.45, 2.75) is 6.54 Å². The molecular weight excluding hydrogens is 374 g/mol. The Bertz CT molecular complexity index is 1040. The molecule has 1 saturated heterocycles. The summed E-state index contributed by atoms with van der Waals surface area (Å²) < 4.78 is 0. The number of nitriles is 1. The van der Waals surface area contributed by atoms with Crippen LogP contribution in [0.3, 0.4) is 0 Å². The molecule has 0 saturated carbocycles. The number of hydrogen-bond acceptors (Lipinski definition) is 5. The van der Waals surface area contributed by atoms with E-state index in [0.29, 0.717) is 16.9 Å². The van der Waals surface area contributed by atoms with Crippen LogP contribution in [0, 0.1) is 11.3 Å². The molecule has 1 aromatic heterocycles. The van der Waals surface area contributed by atoms with Crippen molar-refractivity contribution < 1.29 is 4.79 Å². The van der Waals surface area contributed by atoms with E-state index in [9.17, 15) is 4.79 Å². The van der Waals surface area contributed by atoms with Gasteiger partial charge in [-0.3, -0.25) is 9.69 Å². The number of piperazine rings is 1. The van der Waals surface area contributed by atoms with Gasteiger partial charge in [-0.05, 0) is 35.9 Å². The molecule has 0 atom stereocenters. The molecule has 1 fully saturated rings. The Hall–Kier alpha value is -3.69. The van der Waals surface area contributed by atoms with Gasteiger partial charge in [0, 0.05) is 38.4 Å². The number of anilines is 2. The summed E-state index contributed by atoms with van der Waals surface area (Å²) in [6.45, 7) is 4.82. The summed E-state index contributed by atoms with van der Waals surface area (Å²) in [6.07, 6.45) is 1.76. The second-order valence-electron chi connectivity index (χ2n) is 7.30. The number of rotatable bonds is 5. The van der Waals surface area contributed by atoms with Gasteiger partial charge in [0.15, 0.2) is 0 Å². The second kappa shape index (κ2) is 9.21. The van der Waals surface area contributed by atoms with Crippen LogP contribution in [0.15, 0.2) is 72.9 Å². The molecule has 1 aliphatic rings. The van der Waals surface area contributed by atoms with Crippen LogP contribution >= 0.6 is 0 Å². The van der Waals surface area contributed by atoms with E-state index in [-0.39, 0.29) is 5.91 Å². The minimum atomic E-state index is -0.288. The standard InChI is InChI=1S/C24H23N5O/c25-16-20-7-4-8-21(15-20)27-24(30)23-10-9-22(17-26-23)29-13-11-28(12-14-29)18-19-5-2-1-3-6-19/h1-10,15,17H,11-14,18H2,(H,27,30). The maximum atomic E-state index is 12.4. The van der Waals surface area contributed by atoms with Crippen LogP contribution in [0.4, 0.5) is 11.4 Å². The Balaban J connectivity index is 1.32. The van der Waals surface area contributed by atoms with Gasteiger partial charge >= 0.3 is 0 Å². The fourth-order valence-electron chi connectivity index (χ4n) is 3.57. The molecule has 6 nitrogen and oxygen atoms in total. The van der Waals surface area contributed by atoms with Crippen molar-refractivity contribution >= 4 is 17.3 Å². The number of pyridine rings is 1. The molecule has 4 rings (SSSR count). The molecular formula is C24H23N5O. The molecule has 0 radical (unpaired) electrons. The SMILES string of the molecule is N#Cc1cccc(NC(=O)c2ccc(N3CCN(Cc4ccccc4)CC3)cn2)c1. The van der Waals surface area contributed by atoms with E-state index < -0.39 is 0 Å². The second-order valence-corrected chi connectivity index (χ2v) is 7.30. The third kappa shape index (κ3) is 4.83. The van der Waals surface area contributed by atoms with Crippen molar-refractivity contribution in [2.75, 3.05) is 36.4 Å². The number of carbonyl (C=O) groups excluding carboxylic acids is 1. The van der Waals surface area contributed by atoms with E-state index >= 15 is 0 Å². The van der Waals surface area contributed by atoms with E-state index in [1.807, 2.05) is 12.1 Å². The third-order valence-corrected chi connectivity index (χ3v) is 5.22. The normalized spacial score (nSPS) is 14.2. The number of amides is 1. The van der Waals surface area contributed by atoms with Crippen LogP contribution in [-0.2, 0) is 6.54 Å². The topological polar surface area (TPSA) is 72.3 Å². The Morgan fingerprint density at radius 2 is 1.80 bits per heavy atom. The molecule has 0 bridgehead atoms. The lowest BCUT2D eigenvalue weighted by molar-refractivity contribution is 0.102. The van der Waals surface area contributed by atoms with Crippen molar-refractivity contribution in [3.8, 4) is 6.07 Å². The van der Waals surface area contributed by atoms with Gasteiger partial charge < -0.3 is 10.2 Å². The van der Waals surface area contributed by atoms with Gasteiger partial charge in [0.2, 0.25) is 0 Å². The first-order valence-electron chi connectivity index (χ1n) is 10.00. The first-order chi connectivity index (χ1) is 14.7. The van der Waals surface area contributed by atoms with Crippen molar-refractivity contribution in [1.29, 1.82) is 5.26 Å². The molecule has 1 aliphatic heterocycles. The number of benzene rings is 2. The predicted octanol–water partition coefficient (Wildman–Crippen LogP) is 3.53. The molecule has 2 heterocycles. The molecule has 2 aromatic carbocycles. The highest BCUT2D eigenvalue weighted by molar-refractivity contribution is 6.03. The minimum absolute atomic E-state index is 0.288. The fraction of sp³-hybridized carbons (Fsp3) is 0.208. The highest BCUT2D eigenvalue weighted by atomic mass is 16.1. The minimum Gasteiger partial charge on any atom is -0.368 e. The predicted molar refractivity (Wildman–Crippen MR) is 117 cm³/mol. The Labute approximate surface area is 176 Å². The maximum absolute atomic E-state index is 12.4. The van der Waals surface area contributed by atoms with E-state index in [4.69, 9.17) is 5.26 Å². The average molecular weight is 397 g/mol. The summed E-state index contributed by atoms with van der Waals surface area (Å²) in [5.74, 6) is -0.288. The van der Waals surface area contributed by atoms with Gasteiger partial charge in [-0.25, -0.2) is 4.98 Å². The molecule has 3 aromatic rings. The van der Waals surface area contributed by atoms with Crippen LogP contribution in [0.5, 0.6) is 0 Å². The van der Waals surface area contributed by atoms with Crippen LogP contribution < -0.4 is 10.2 Å². The van der Waals surface area contributed by atoms with Crippen LogP contribution in [0.2, 0.25) is 0 Å². The third-order valence-electron chi connectivity index (χ3n) is 5.22. The number of aromatic nitrogens is 1. The average Bonchev–Trinajstić information content (AvgIpc) is 2.80. The highest BCUT2D eigenvalue weighted by Crippen LogP contribution is 2.18. The smallest absolute Gasteiger partial charge is 0.274 e. The number of hydrogen-bond donors (Lipinski definition) is 1. The molecule has 1 N–H and O–H groups in total. The first kappa shape index (κ1) is 19.6. The van der Waals surface area contributed by atoms with Crippen LogP contribution in [0.1, 0.15) is 21.6 Å².